The van der Waals surface area contributed by atoms with Gasteiger partial charge in [0.2, 0.25) is 0 Å². The summed E-state index contributed by atoms with van der Waals surface area (Å²) in [7, 11) is 0. The molecule has 0 bridgehead atoms. The molecule has 1 rings (SSSR count). The number of allylic oxidation sites excluding steroid dienone is 6. The first-order valence-corrected chi connectivity index (χ1v) is 7.94. The molecule has 0 aromatic rings. The largest absolute Gasteiger partial charge is 0.398 e. The average molecular weight is 293 g/mol. The average Bonchev–Trinajstić information content (AvgIpc) is 2.61. The van der Waals surface area contributed by atoms with Crippen LogP contribution in [0.5, 0.6) is 0 Å². The Bertz CT molecular complexity index is 484. The van der Waals surface area contributed by atoms with Crippen molar-refractivity contribution < 1.29 is 4.79 Å². The van der Waals surface area contributed by atoms with Gasteiger partial charge in [-0.15, -0.1) is 11.8 Å². The summed E-state index contributed by atoms with van der Waals surface area (Å²) in [5, 5.41) is 0. The second-order valence-corrected chi connectivity index (χ2v) is 6.14. The van der Waals surface area contributed by atoms with E-state index >= 15 is 0 Å². The predicted octanol–water partition coefficient (Wildman–Crippen LogP) is 4.18. The summed E-state index contributed by atoms with van der Waals surface area (Å²) < 4.78 is 0. The zero-order valence-electron chi connectivity index (χ0n) is 11.3. The van der Waals surface area contributed by atoms with Gasteiger partial charge in [0.15, 0.2) is 5.62 Å². The molecule has 0 fully saturated rings. The molecule has 2 N–H and O–H groups in total. The molecule has 19 heavy (non-hydrogen) atoms. The van der Waals surface area contributed by atoms with Crippen LogP contribution in [0.1, 0.15) is 20.3 Å². The van der Waals surface area contributed by atoms with Crippen molar-refractivity contribution in [2.24, 2.45) is 5.73 Å². The number of thioether (sulfide) groups is 2. The predicted molar refractivity (Wildman–Crippen MR) is 88.4 cm³/mol. The zero-order valence-corrected chi connectivity index (χ0v) is 12.9. The number of hydrogen-bond acceptors (Lipinski definition) is 4. The Morgan fingerprint density at radius 3 is 2.79 bits per heavy atom. The van der Waals surface area contributed by atoms with Crippen LogP contribution in [0.25, 0.3) is 0 Å². The monoisotopic (exact) mass is 293 g/mol. The van der Waals surface area contributed by atoms with Crippen LogP contribution in [0, 0.1) is 0 Å². The molecular weight excluding hydrogens is 274 g/mol. The van der Waals surface area contributed by atoms with E-state index in [9.17, 15) is 4.79 Å². The van der Waals surface area contributed by atoms with E-state index in [0.29, 0.717) is 5.70 Å². The van der Waals surface area contributed by atoms with Crippen molar-refractivity contribution in [2.45, 2.75) is 20.3 Å². The van der Waals surface area contributed by atoms with Crippen molar-refractivity contribution in [3.05, 3.63) is 57.5 Å². The standard InChI is InChI=1S/C15H19NOS2/c1-4-18-14-7-5-6-13(8-9-14)11(2)15(12(3)16)19-10-17/h6-10H,3-5,16H2,1-2H3/b15-11+. The topological polar surface area (TPSA) is 43.1 Å². The van der Waals surface area contributed by atoms with Gasteiger partial charge in [0.05, 0.1) is 0 Å². The third kappa shape index (κ3) is 4.80. The van der Waals surface area contributed by atoms with E-state index in [1.54, 1.807) is 0 Å². The molecule has 0 saturated carbocycles. The third-order valence-corrected chi connectivity index (χ3v) is 4.45. The van der Waals surface area contributed by atoms with Gasteiger partial charge >= 0.3 is 0 Å². The van der Waals surface area contributed by atoms with E-state index in [1.165, 1.54) is 4.91 Å². The zero-order chi connectivity index (χ0) is 14.3. The molecule has 0 aromatic heterocycles. The molecular formula is C15H19NOS2. The SMILES string of the molecule is C=C(N)/C(SC=O)=C(/C)C1=CCC=C(SCC)C=C1. The number of hydrogen-bond donors (Lipinski definition) is 1. The minimum Gasteiger partial charge on any atom is -0.398 e. The molecule has 0 heterocycles. The molecule has 4 heteroatoms. The van der Waals surface area contributed by atoms with Crippen LogP contribution in [0.4, 0.5) is 0 Å². The van der Waals surface area contributed by atoms with Gasteiger partial charge in [-0.25, -0.2) is 0 Å². The molecule has 0 spiro atoms. The maximum Gasteiger partial charge on any atom is 0.181 e. The highest BCUT2D eigenvalue weighted by Gasteiger charge is 2.09. The second-order valence-electron chi connectivity index (χ2n) is 3.96. The molecule has 2 nitrogen and oxygen atoms in total. The van der Waals surface area contributed by atoms with Crippen LogP contribution in [-0.4, -0.2) is 11.4 Å². The van der Waals surface area contributed by atoms with Crippen molar-refractivity contribution in [1.82, 2.24) is 0 Å². The summed E-state index contributed by atoms with van der Waals surface area (Å²) in [4.78, 5) is 12.7. The Hall–Kier alpha value is -1.13. The van der Waals surface area contributed by atoms with E-state index in [2.05, 4.69) is 37.8 Å². The quantitative estimate of drug-likeness (QED) is 0.589. The lowest BCUT2D eigenvalue weighted by Gasteiger charge is -2.09. The lowest BCUT2D eigenvalue weighted by atomic mass is 10.1. The highest BCUT2D eigenvalue weighted by molar-refractivity contribution is 8.15. The van der Waals surface area contributed by atoms with Gasteiger partial charge < -0.3 is 5.73 Å². The molecule has 0 unspecified atom stereocenters. The first-order valence-electron chi connectivity index (χ1n) is 6.07. The lowest BCUT2D eigenvalue weighted by molar-refractivity contribution is 0.570. The summed E-state index contributed by atoms with van der Waals surface area (Å²) >= 11 is 2.91. The lowest BCUT2D eigenvalue weighted by Crippen LogP contribution is -2.00. The fourth-order valence-electron chi connectivity index (χ4n) is 1.75. The fourth-order valence-corrected chi connectivity index (χ4v) is 3.00. The van der Waals surface area contributed by atoms with E-state index in [1.807, 2.05) is 18.7 Å². The molecule has 1 aliphatic rings. The summed E-state index contributed by atoms with van der Waals surface area (Å²) in [6.45, 7) is 7.84. The maximum atomic E-state index is 10.7. The summed E-state index contributed by atoms with van der Waals surface area (Å²) in [5.41, 5.74) is 9.06. The van der Waals surface area contributed by atoms with Gasteiger partial charge in [0, 0.05) is 15.5 Å². The Morgan fingerprint density at radius 2 is 2.21 bits per heavy atom. The smallest absolute Gasteiger partial charge is 0.181 e. The van der Waals surface area contributed by atoms with E-state index in [-0.39, 0.29) is 0 Å². The van der Waals surface area contributed by atoms with Gasteiger partial charge in [-0.05, 0) is 36.3 Å². The van der Waals surface area contributed by atoms with Gasteiger partial charge in [0.1, 0.15) is 0 Å². The van der Waals surface area contributed by atoms with Gasteiger partial charge in [-0.2, -0.15) is 0 Å². The van der Waals surface area contributed by atoms with E-state index < -0.39 is 0 Å². The molecule has 0 amide bonds. The molecule has 0 radical (unpaired) electrons. The summed E-state index contributed by atoms with van der Waals surface area (Å²) in [6, 6.07) is 0. The van der Waals surface area contributed by atoms with Crippen LogP contribution in [0.15, 0.2) is 57.5 Å². The van der Waals surface area contributed by atoms with Gasteiger partial charge in [0.25, 0.3) is 0 Å². The number of rotatable bonds is 6. The van der Waals surface area contributed by atoms with E-state index in [0.717, 1.165) is 45.6 Å². The summed E-state index contributed by atoms with van der Waals surface area (Å²) in [5.74, 6) is 1.06. The normalized spacial score (nSPS) is 16.1. The summed E-state index contributed by atoms with van der Waals surface area (Å²) in [6.07, 6.45) is 9.42. The molecule has 0 saturated heterocycles. The molecule has 1 aliphatic carbocycles. The van der Waals surface area contributed by atoms with Crippen molar-refractivity contribution in [1.29, 1.82) is 0 Å². The van der Waals surface area contributed by atoms with Gasteiger partial charge in [-0.3, -0.25) is 4.79 Å². The van der Waals surface area contributed by atoms with Crippen molar-refractivity contribution in [2.75, 3.05) is 5.75 Å². The van der Waals surface area contributed by atoms with Crippen LogP contribution < -0.4 is 5.73 Å². The molecule has 0 aromatic carbocycles. The minimum atomic E-state index is 0.435. The fraction of sp³-hybridized carbons (Fsp3) is 0.267. The number of carbonyl (C=O) groups is 1. The molecule has 0 aliphatic heterocycles. The Balaban J connectivity index is 3.00. The van der Waals surface area contributed by atoms with Crippen LogP contribution in [-0.2, 0) is 4.79 Å². The van der Waals surface area contributed by atoms with Crippen molar-refractivity contribution >= 4 is 29.1 Å². The Morgan fingerprint density at radius 1 is 1.47 bits per heavy atom. The van der Waals surface area contributed by atoms with Crippen LogP contribution >= 0.6 is 23.5 Å². The minimum absolute atomic E-state index is 0.435. The molecule has 0 atom stereocenters. The highest BCUT2D eigenvalue weighted by atomic mass is 32.2. The maximum absolute atomic E-state index is 10.7. The molecule has 102 valence electrons. The Kier molecular flexibility index (Phi) is 6.81. The Labute approximate surface area is 123 Å². The van der Waals surface area contributed by atoms with Gasteiger partial charge in [-0.1, -0.05) is 43.5 Å². The van der Waals surface area contributed by atoms with Crippen molar-refractivity contribution in [3.63, 3.8) is 0 Å². The first-order chi connectivity index (χ1) is 9.10. The van der Waals surface area contributed by atoms with Crippen LogP contribution in [0.2, 0.25) is 0 Å². The first kappa shape index (κ1) is 15.9. The number of carbonyl (C=O) groups excluding carboxylic acids is 1. The second kappa shape index (κ2) is 8.12. The highest BCUT2D eigenvalue weighted by Crippen LogP contribution is 2.29. The van der Waals surface area contributed by atoms with Crippen molar-refractivity contribution in [3.8, 4) is 0 Å². The number of nitrogens with two attached hydrogens (primary N) is 1. The van der Waals surface area contributed by atoms with E-state index in [4.69, 9.17) is 5.73 Å². The van der Waals surface area contributed by atoms with Crippen LogP contribution in [0.3, 0.4) is 0 Å². The third-order valence-electron chi connectivity index (χ3n) is 2.63.